The van der Waals surface area contributed by atoms with Crippen LogP contribution in [-0.2, 0) is 4.74 Å². The number of methoxy groups -OCH3 is 1. The van der Waals surface area contributed by atoms with Crippen molar-refractivity contribution in [2.75, 3.05) is 44.6 Å². The van der Waals surface area contributed by atoms with E-state index in [1.807, 2.05) is 43.3 Å². The summed E-state index contributed by atoms with van der Waals surface area (Å²) in [5, 5.41) is 6.08. The molecule has 24 heavy (non-hydrogen) atoms. The van der Waals surface area contributed by atoms with Crippen molar-refractivity contribution < 1.29 is 9.53 Å². The Hall–Kier alpha value is -2.60. The molecular formula is C18H24N4O2. The monoisotopic (exact) mass is 328 g/mol. The van der Waals surface area contributed by atoms with Crippen LogP contribution in [0, 0.1) is 0 Å². The number of carbonyl (C=O) groups is 1. The number of aromatic nitrogens is 1. The summed E-state index contributed by atoms with van der Waals surface area (Å²) in [6.45, 7) is 1.22. The normalized spacial score (nSPS) is 10.3. The zero-order valence-corrected chi connectivity index (χ0v) is 14.4. The molecule has 0 bridgehead atoms. The number of nitrogens with one attached hydrogen (secondary N) is 2. The standard InChI is InChI=1S/C18H24N4O2/c1-22(2)16-7-5-15(6-8-16)21-17-13-14(9-11-19-17)18(23)20-10-4-12-24-3/h5-9,11,13H,4,10,12H2,1-3H3,(H,19,21)(H,20,23). The van der Waals surface area contributed by atoms with Gasteiger partial charge in [0, 0.05) is 57.5 Å². The molecule has 1 aromatic carbocycles. The van der Waals surface area contributed by atoms with Crippen LogP contribution in [-0.4, -0.2) is 45.2 Å². The molecule has 2 aromatic rings. The smallest absolute Gasteiger partial charge is 0.251 e. The third-order valence-corrected chi connectivity index (χ3v) is 3.49. The molecule has 6 heteroatoms. The third kappa shape index (κ3) is 5.24. The zero-order chi connectivity index (χ0) is 17.4. The molecule has 6 nitrogen and oxygen atoms in total. The van der Waals surface area contributed by atoms with Crippen molar-refractivity contribution >= 4 is 23.1 Å². The summed E-state index contributed by atoms with van der Waals surface area (Å²) in [5.74, 6) is 0.525. The summed E-state index contributed by atoms with van der Waals surface area (Å²) in [4.78, 5) is 18.4. The molecule has 2 N–H and O–H groups in total. The largest absolute Gasteiger partial charge is 0.385 e. The molecule has 0 radical (unpaired) electrons. The first-order valence-electron chi connectivity index (χ1n) is 7.88. The summed E-state index contributed by atoms with van der Waals surface area (Å²) in [6.07, 6.45) is 2.41. The van der Waals surface area contributed by atoms with E-state index in [4.69, 9.17) is 4.74 Å². The lowest BCUT2D eigenvalue weighted by Crippen LogP contribution is -2.25. The third-order valence-electron chi connectivity index (χ3n) is 3.49. The quantitative estimate of drug-likeness (QED) is 0.729. The van der Waals surface area contributed by atoms with Crippen molar-refractivity contribution in [3.63, 3.8) is 0 Å². The van der Waals surface area contributed by atoms with Crippen molar-refractivity contribution in [1.82, 2.24) is 10.3 Å². The van der Waals surface area contributed by atoms with E-state index in [2.05, 4.69) is 15.6 Å². The molecule has 128 valence electrons. The minimum Gasteiger partial charge on any atom is -0.385 e. The van der Waals surface area contributed by atoms with Crippen molar-refractivity contribution in [3.05, 3.63) is 48.2 Å². The van der Waals surface area contributed by atoms with E-state index in [0.29, 0.717) is 24.5 Å². The van der Waals surface area contributed by atoms with Crippen LogP contribution in [0.3, 0.4) is 0 Å². The van der Waals surface area contributed by atoms with E-state index in [1.54, 1.807) is 25.4 Å². The van der Waals surface area contributed by atoms with Crippen LogP contribution in [0.4, 0.5) is 17.2 Å². The Bertz CT molecular complexity index is 656. The van der Waals surface area contributed by atoms with Crippen molar-refractivity contribution in [1.29, 1.82) is 0 Å². The average Bonchev–Trinajstić information content (AvgIpc) is 2.59. The van der Waals surface area contributed by atoms with Gasteiger partial charge in [-0.3, -0.25) is 4.79 Å². The number of carbonyl (C=O) groups excluding carboxylic acids is 1. The maximum absolute atomic E-state index is 12.1. The van der Waals surface area contributed by atoms with Crippen molar-refractivity contribution in [2.24, 2.45) is 0 Å². The molecule has 0 aliphatic carbocycles. The predicted octanol–water partition coefficient (Wildman–Crippen LogP) is 2.66. The Morgan fingerprint density at radius 3 is 2.62 bits per heavy atom. The highest BCUT2D eigenvalue weighted by atomic mass is 16.5. The number of hydrogen-bond donors (Lipinski definition) is 2. The maximum Gasteiger partial charge on any atom is 0.251 e. The number of benzene rings is 1. The Balaban J connectivity index is 1.98. The second-order valence-corrected chi connectivity index (χ2v) is 5.60. The van der Waals surface area contributed by atoms with Crippen LogP contribution in [0.5, 0.6) is 0 Å². The van der Waals surface area contributed by atoms with Gasteiger partial charge in [0.25, 0.3) is 5.91 Å². The lowest BCUT2D eigenvalue weighted by atomic mass is 10.2. The summed E-state index contributed by atoms with van der Waals surface area (Å²) in [5.41, 5.74) is 2.62. The van der Waals surface area contributed by atoms with Crippen LogP contribution in [0.2, 0.25) is 0 Å². The molecule has 2 rings (SSSR count). The van der Waals surface area contributed by atoms with Gasteiger partial charge in [-0.15, -0.1) is 0 Å². The highest BCUT2D eigenvalue weighted by molar-refractivity contribution is 5.94. The van der Waals surface area contributed by atoms with Gasteiger partial charge in [0.1, 0.15) is 5.82 Å². The Morgan fingerprint density at radius 2 is 1.96 bits per heavy atom. The second kappa shape index (κ2) is 8.88. The fourth-order valence-corrected chi connectivity index (χ4v) is 2.15. The van der Waals surface area contributed by atoms with Crippen molar-refractivity contribution in [2.45, 2.75) is 6.42 Å². The van der Waals surface area contributed by atoms with Gasteiger partial charge < -0.3 is 20.3 Å². The molecule has 0 aliphatic rings. The van der Waals surface area contributed by atoms with Crippen LogP contribution in [0.15, 0.2) is 42.6 Å². The molecule has 1 aromatic heterocycles. The van der Waals surface area contributed by atoms with Crippen molar-refractivity contribution in [3.8, 4) is 0 Å². The Kier molecular flexibility index (Phi) is 6.57. The maximum atomic E-state index is 12.1. The summed E-state index contributed by atoms with van der Waals surface area (Å²) in [7, 11) is 5.64. The first kappa shape index (κ1) is 17.7. The molecule has 0 saturated heterocycles. The van der Waals surface area contributed by atoms with Gasteiger partial charge >= 0.3 is 0 Å². The van der Waals surface area contributed by atoms with Crippen LogP contribution in [0.1, 0.15) is 16.8 Å². The Labute approximate surface area is 142 Å². The highest BCUT2D eigenvalue weighted by Gasteiger charge is 2.06. The van der Waals surface area contributed by atoms with Gasteiger partial charge in [0.05, 0.1) is 0 Å². The lowest BCUT2D eigenvalue weighted by molar-refractivity contribution is 0.0948. The van der Waals surface area contributed by atoms with E-state index in [9.17, 15) is 4.79 Å². The number of nitrogens with zero attached hydrogens (tertiary/aromatic N) is 2. The van der Waals surface area contributed by atoms with E-state index in [0.717, 1.165) is 17.8 Å². The van der Waals surface area contributed by atoms with Gasteiger partial charge in [-0.2, -0.15) is 0 Å². The number of amides is 1. The van der Waals surface area contributed by atoms with Crippen LogP contribution in [0.25, 0.3) is 0 Å². The SMILES string of the molecule is COCCCNC(=O)c1ccnc(Nc2ccc(N(C)C)cc2)c1. The topological polar surface area (TPSA) is 66.5 Å². The van der Waals surface area contributed by atoms with Crippen LogP contribution >= 0.6 is 0 Å². The predicted molar refractivity (Wildman–Crippen MR) is 97.1 cm³/mol. The minimum atomic E-state index is -0.112. The molecule has 0 unspecified atom stereocenters. The highest BCUT2D eigenvalue weighted by Crippen LogP contribution is 2.19. The average molecular weight is 328 g/mol. The number of anilines is 3. The van der Waals surface area contributed by atoms with E-state index >= 15 is 0 Å². The Morgan fingerprint density at radius 1 is 1.21 bits per heavy atom. The zero-order valence-electron chi connectivity index (χ0n) is 14.4. The minimum absolute atomic E-state index is 0.112. The first-order valence-corrected chi connectivity index (χ1v) is 7.88. The van der Waals surface area contributed by atoms with Gasteiger partial charge in [0.2, 0.25) is 0 Å². The molecule has 0 fully saturated rings. The van der Waals surface area contributed by atoms with E-state index in [-0.39, 0.29) is 5.91 Å². The summed E-state index contributed by atoms with van der Waals surface area (Å²) in [6, 6.07) is 11.4. The lowest BCUT2D eigenvalue weighted by Gasteiger charge is -2.13. The summed E-state index contributed by atoms with van der Waals surface area (Å²) >= 11 is 0. The van der Waals surface area contributed by atoms with Gasteiger partial charge in [-0.05, 0) is 42.8 Å². The fraction of sp³-hybridized carbons (Fsp3) is 0.333. The molecule has 0 spiro atoms. The molecule has 1 heterocycles. The fourth-order valence-electron chi connectivity index (χ4n) is 2.15. The van der Waals surface area contributed by atoms with E-state index in [1.165, 1.54) is 0 Å². The van der Waals surface area contributed by atoms with Crippen LogP contribution < -0.4 is 15.5 Å². The first-order chi connectivity index (χ1) is 11.6. The summed E-state index contributed by atoms with van der Waals surface area (Å²) < 4.78 is 4.96. The number of pyridine rings is 1. The van der Waals surface area contributed by atoms with Gasteiger partial charge in [-0.1, -0.05) is 0 Å². The molecule has 0 atom stereocenters. The second-order valence-electron chi connectivity index (χ2n) is 5.60. The number of hydrogen-bond acceptors (Lipinski definition) is 5. The number of rotatable bonds is 8. The molecule has 0 aliphatic heterocycles. The molecular weight excluding hydrogens is 304 g/mol. The van der Waals surface area contributed by atoms with Gasteiger partial charge in [-0.25, -0.2) is 4.98 Å². The molecule has 1 amide bonds. The van der Waals surface area contributed by atoms with Gasteiger partial charge in [0.15, 0.2) is 0 Å². The van der Waals surface area contributed by atoms with E-state index < -0.39 is 0 Å². The molecule has 0 saturated carbocycles. The number of ether oxygens (including phenoxy) is 1.